The van der Waals surface area contributed by atoms with Crippen molar-refractivity contribution in [1.29, 1.82) is 0 Å². The van der Waals surface area contributed by atoms with Gasteiger partial charge < -0.3 is 23.8 Å². The largest absolute Gasteiger partial charge is 0.493 e. The first-order valence-corrected chi connectivity index (χ1v) is 12.0. The van der Waals surface area contributed by atoms with Gasteiger partial charge in [0, 0.05) is 35.6 Å². The molecule has 0 spiro atoms. The number of aromatic nitrogens is 1. The van der Waals surface area contributed by atoms with E-state index in [1.165, 1.54) is 38.5 Å². The number of carbonyl (C=O) groups excluding carboxylic acids is 4. The Balaban J connectivity index is 1.69. The fourth-order valence-corrected chi connectivity index (χ4v) is 4.17. The Morgan fingerprint density at radius 1 is 0.950 bits per heavy atom. The first-order chi connectivity index (χ1) is 19.0. The van der Waals surface area contributed by atoms with Crippen molar-refractivity contribution in [3.05, 3.63) is 59.4 Å². The maximum Gasteiger partial charge on any atom is 0.491 e. The zero-order valence-electron chi connectivity index (χ0n) is 21.4. The number of ether oxygens (including phenoxy) is 4. The van der Waals surface area contributed by atoms with Crippen LogP contribution in [0.3, 0.4) is 0 Å². The minimum absolute atomic E-state index is 0.0205. The summed E-state index contributed by atoms with van der Waals surface area (Å²) in [5.74, 6) is -4.63. The van der Waals surface area contributed by atoms with Crippen LogP contribution < -0.4 is 14.2 Å². The summed E-state index contributed by atoms with van der Waals surface area (Å²) in [7, 11) is 2.62. The molecule has 13 heteroatoms. The Hall–Kier alpha value is -4.68. The van der Waals surface area contributed by atoms with Crippen LogP contribution in [0, 0.1) is 0 Å². The summed E-state index contributed by atoms with van der Waals surface area (Å²) in [6.45, 7) is 1.13. The molecule has 3 aromatic rings. The zero-order valence-corrected chi connectivity index (χ0v) is 21.4. The van der Waals surface area contributed by atoms with Gasteiger partial charge in [0.15, 0.2) is 18.1 Å². The van der Waals surface area contributed by atoms with Crippen molar-refractivity contribution in [2.45, 2.75) is 19.0 Å². The summed E-state index contributed by atoms with van der Waals surface area (Å²) >= 11 is 0. The number of alkyl halides is 3. The lowest BCUT2D eigenvalue weighted by Gasteiger charge is -2.16. The molecule has 1 fully saturated rings. The number of methoxy groups -OCH3 is 2. The molecule has 10 nitrogen and oxygen atoms in total. The van der Waals surface area contributed by atoms with Crippen LogP contribution in [0.15, 0.2) is 42.6 Å². The standard InChI is InChI=1S/C27H23F3N2O8/c1-37-20-11-17-18(12-21(20)38-2)23(31-13-19(17)25(35)40-26(36)27(28,29)30)24(34)15-6-5-7-16(10-15)39-14-22(33)32-8-3-4-9-32/h5-7,10-13H,3-4,8-9,14H2,1-2H3. The second-order valence-electron chi connectivity index (χ2n) is 8.68. The first-order valence-electron chi connectivity index (χ1n) is 12.0. The quantitative estimate of drug-likeness (QED) is 0.231. The van der Waals surface area contributed by atoms with Crippen molar-refractivity contribution in [3.8, 4) is 17.2 Å². The molecule has 0 N–H and O–H groups in total. The number of hydrogen-bond acceptors (Lipinski definition) is 9. The Labute approximate surface area is 225 Å². The van der Waals surface area contributed by atoms with Crippen molar-refractivity contribution in [1.82, 2.24) is 9.88 Å². The average Bonchev–Trinajstić information content (AvgIpc) is 3.49. The number of esters is 2. The lowest BCUT2D eigenvalue weighted by Crippen LogP contribution is -2.32. The summed E-state index contributed by atoms with van der Waals surface area (Å²) in [4.78, 5) is 55.3. The first kappa shape index (κ1) is 28.3. The molecule has 0 radical (unpaired) electrons. The number of rotatable bonds is 8. The van der Waals surface area contributed by atoms with Crippen LogP contribution in [0.4, 0.5) is 13.2 Å². The van der Waals surface area contributed by atoms with Gasteiger partial charge in [0.2, 0.25) is 5.78 Å². The molecule has 0 aliphatic carbocycles. The molecule has 0 saturated carbocycles. The highest BCUT2D eigenvalue weighted by Crippen LogP contribution is 2.36. The number of halogens is 3. The van der Waals surface area contributed by atoms with Crippen LogP contribution in [0.25, 0.3) is 10.8 Å². The van der Waals surface area contributed by atoms with E-state index in [1.807, 2.05) is 0 Å². The summed E-state index contributed by atoms with van der Waals surface area (Å²) < 4.78 is 58.1. The predicted molar refractivity (Wildman–Crippen MR) is 133 cm³/mol. The maximum absolute atomic E-state index is 13.5. The van der Waals surface area contributed by atoms with Gasteiger partial charge in [0.05, 0.1) is 19.8 Å². The normalized spacial score (nSPS) is 13.2. The summed E-state index contributed by atoms with van der Waals surface area (Å²) in [5.41, 5.74) is -0.570. The molecule has 1 saturated heterocycles. The molecule has 0 bridgehead atoms. The Bertz CT molecular complexity index is 1480. The fraction of sp³-hybridized carbons (Fsp3) is 0.296. The second kappa shape index (κ2) is 11.6. The highest BCUT2D eigenvalue weighted by molar-refractivity contribution is 6.18. The second-order valence-corrected chi connectivity index (χ2v) is 8.68. The van der Waals surface area contributed by atoms with E-state index in [2.05, 4.69) is 9.72 Å². The number of amides is 1. The smallest absolute Gasteiger partial charge is 0.491 e. The lowest BCUT2D eigenvalue weighted by molar-refractivity contribution is -0.193. The summed E-state index contributed by atoms with van der Waals surface area (Å²) in [5, 5.41) is -0.0494. The molecule has 2 aromatic carbocycles. The molecule has 1 amide bonds. The highest BCUT2D eigenvalue weighted by Gasteiger charge is 2.43. The molecule has 4 rings (SSSR count). The van der Waals surface area contributed by atoms with Gasteiger partial charge in [-0.15, -0.1) is 0 Å². The van der Waals surface area contributed by atoms with Gasteiger partial charge in [0.25, 0.3) is 5.91 Å². The monoisotopic (exact) mass is 560 g/mol. The van der Waals surface area contributed by atoms with Crippen LogP contribution in [0.1, 0.15) is 39.3 Å². The number of carbonyl (C=O) groups is 4. The van der Waals surface area contributed by atoms with E-state index in [0.717, 1.165) is 19.0 Å². The molecule has 210 valence electrons. The zero-order chi connectivity index (χ0) is 29.0. The maximum atomic E-state index is 13.5. The molecule has 1 aromatic heterocycles. The van der Waals surface area contributed by atoms with Gasteiger partial charge in [0.1, 0.15) is 11.4 Å². The molecule has 1 aliphatic rings. The minimum Gasteiger partial charge on any atom is -0.493 e. The van der Waals surface area contributed by atoms with Gasteiger partial charge in [-0.25, -0.2) is 9.59 Å². The van der Waals surface area contributed by atoms with E-state index < -0.39 is 29.5 Å². The molecular weight excluding hydrogens is 537 g/mol. The topological polar surface area (TPSA) is 121 Å². The van der Waals surface area contributed by atoms with Gasteiger partial charge in [-0.1, -0.05) is 12.1 Å². The van der Waals surface area contributed by atoms with Crippen molar-refractivity contribution < 1.29 is 51.3 Å². The number of benzene rings is 2. The van der Waals surface area contributed by atoms with Gasteiger partial charge in [-0.05, 0) is 37.1 Å². The predicted octanol–water partition coefficient (Wildman–Crippen LogP) is 3.73. The Morgan fingerprint density at radius 3 is 2.23 bits per heavy atom. The van der Waals surface area contributed by atoms with Crippen molar-refractivity contribution >= 4 is 34.4 Å². The minimum atomic E-state index is -5.40. The third-order valence-corrected chi connectivity index (χ3v) is 6.16. The highest BCUT2D eigenvalue weighted by atomic mass is 19.4. The van der Waals surface area contributed by atoms with Crippen LogP contribution in [-0.2, 0) is 14.3 Å². The number of ketones is 1. The van der Waals surface area contributed by atoms with Gasteiger partial charge in [-0.2, -0.15) is 13.2 Å². The van der Waals surface area contributed by atoms with E-state index in [1.54, 1.807) is 17.0 Å². The van der Waals surface area contributed by atoms with Crippen LogP contribution in [0.5, 0.6) is 17.2 Å². The van der Waals surface area contributed by atoms with E-state index in [9.17, 15) is 32.3 Å². The van der Waals surface area contributed by atoms with E-state index >= 15 is 0 Å². The lowest BCUT2D eigenvalue weighted by atomic mass is 9.99. The van der Waals surface area contributed by atoms with E-state index in [4.69, 9.17) is 14.2 Å². The molecule has 1 aliphatic heterocycles. The average molecular weight is 560 g/mol. The number of likely N-dealkylation sites (tertiary alicyclic amines) is 1. The Morgan fingerprint density at radius 2 is 1.60 bits per heavy atom. The van der Waals surface area contributed by atoms with Gasteiger partial charge >= 0.3 is 18.1 Å². The number of pyridine rings is 1. The third kappa shape index (κ3) is 5.98. The number of fused-ring (bicyclic) bond motifs is 1. The van der Waals surface area contributed by atoms with E-state index in [0.29, 0.717) is 13.1 Å². The molecule has 40 heavy (non-hydrogen) atoms. The van der Waals surface area contributed by atoms with E-state index in [-0.39, 0.29) is 51.8 Å². The van der Waals surface area contributed by atoms with Crippen molar-refractivity contribution in [2.24, 2.45) is 0 Å². The van der Waals surface area contributed by atoms with Crippen LogP contribution >= 0.6 is 0 Å². The van der Waals surface area contributed by atoms with Crippen LogP contribution in [-0.4, -0.2) is 73.6 Å². The molecule has 2 heterocycles. The molecular formula is C27H23F3N2O8. The number of hydrogen-bond donors (Lipinski definition) is 0. The van der Waals surface area contributed by atoms with Crippen LogP contribution in [0.2, 0.25) is 0 Å². The SMILES string of the molecule is COc1cc2c(C(=O)OC(=O)C(F)(F)F)cnc(C(=O)c3cccc(OCC(=O)N4CCCC4)c3)c2cc1OC. The van der Waals surface area contributed by atoms with Gasteiger partial charge in [-0.3, -0.25) is 14.6 Å². The Kier molecular flexibility index (Phi) is 8.21. The fourth-order valence-electron chi connectivity index (χ4n) is 4.17. The third-order valence-electron chi connectivity index (χ3n) is 6.16. The summed E-state index contributed by atoms with van der Waals surface area (Å²) in [6, 6.07) is 8.60. The number of nitrogens with zero attached hydrogens (tertiary/aromatic N) is 2. The van der Waals surface area contributed by atoms with Crippen molar-refractivity contribution in [2.75, 3.05) is 33.9 Å². The van der Waals surface area contributed by atoms with Crippen molar-refractivity contribution in [3.63, 3.8) is 0 Å². The summed E-state index contributed by atoms with van der Waals surface area (Å²) in [6.07, 6.45) is -2.70. The molecule has 0 atom stereocenters. The molecule has 0 unspecified atom stereocenters.